The number of halogens is 5. The summed E-state index contributed by atoms with van der Waals surface area (Å²) in [7, 11) is 6.37. The van der Waals surface area contributed by atoms with Crippen LogP contribution in [0.4, 0.5) is 19.0 Å². The minimum absolute atomic E-state index is 0.112. The number of rotatable bonds is 7. The molecular formula is C23H26Cl2F3N3O3. The van der Waals surface area contributed by atoms with Crippen LogP contribution >= 0.6 is 23.2 Å². The van der Waals surface area contributed by atoms with E-state index in [4.69, 9.17) is 32.7 Å². The van der Waals surface area contributed by atoms with Crippen molar-refractivity contribution >= 4 is 34.9 Å². The highest BCUT2D eigenvalue weighted by molar-refractivity contribution is 6.37. The Morgan fingerprint density at radius 2 is 1.76 bits per heavy atom. The Bertz CT molecular complexity index is 1080. The zero-order chi connectivity index (χ0) is 25.2. The number of aryl methyl sites for hydroxylation is 1. The van der Waals surface area contributed by atoms with Crippen LogP contribution in [-0.2, 0) is 30.4 Å². The number of methoxy groups -OCH3 is 2. The third kappa shape index (κ3) is 5.30. The molecule has 0 bridgehead atoms. The Balaban J connectivity index is 1.72. The van der Waals surface area contributed by atoms with Crippen LogP contribution in [0.1, 0.15) is 35.1 Å². The number of amides is 1. The third-order valence-electron chi connectivity index (χ3n) is 5.77. The van der Waals surface area contributed by atoms with Gasteiger partial charge in [-0.2, -0.15) is 13.2 Å². The zero-order valence-electron chi connectivity index (χ0n) is 19.4. The lowest BCUT2D eigenvalue weighted by Crippen LogP contribution is -2.36. The maximum atomic E-state index is 13.1. The average Bonchev–Trinajstić information content (AvgIpc) is 2.79. The Hall–Kier alpha value is -2.39. The summed E-state index contributed by atoms with van der Waals surface area (Å²) < 4.78 is 50.1. The fourth-order valence-corrected chi connectivity index (χ4v) is 4.80. The molecule has 0 spiro atoms. The van der Waals surface area contributed by atoms with Gasteiger partial charge in [0.15, 0.2) is 11.5 Å². The SMILES string of the molecule is COc1c(Cl)c2c(c(Cl)c1OC)CN(C(=O)CCCc1cc(C(F)(F)F)cnc1N(C)C)CC2. The number of benzene rings is 1. The van der Waals surface area contributed by atoms with Crippen molar-refractivity contribution in [2.24, 2.45) is 0 Å². The summed E-state index contributed by atoms with van der Waals surface area (Å²) in [5.41, 5.74) is 1.17. The molecular weight excluding hydrogens is 494 g/mol. The van der Waals surface area contributed by atoms with Gasteiger partial charge in [0.05, 0.1) is 29.8 Å². The topological polar surface area (TPSA) is 54.9 Å². The van der Waals surface area contributed by atoms with E-state index in [0.717, 1.165) is 17.8 Å². The van der Waals surface area contributed by atoms with E-state index in [1.165, 1.54) is 14.2 Å². The predicted octanol–water partition coefficient (Wildman–Crippen LogP) is 5.40. The van der Waals surface area contributed by atoms with Crippen LogP contribution in [0.15, 0.2) is 12.3 Å². The van der Waals surface area contributed by atoms with Gasteiger partial charge in [-0.25, -0.2) is 4.98 Å². The molecule has 1 amide bonds. The van der Waals surface area contributed by atoms with E-state index in [1.54, 1.807) is 23.9 Å². The molecule has 34 heavy (non-hydrogen) atoms. The fourth-order valence-electron chi connectivity index (χ4n) is 4.09. The minimum Gasteiger partial charge on any atom is -0.491 e. The van der Waals surface area contributed by atoms with Crippen molar-refractivity contribution in [3.8, 4) is 11.5 Å². The maximum Gasteiger partial charge on any atom is 0.417 e. The van der Waals surface area contributed by atoms with Gasteiger partial charge in [0.25, 0.3) is 0 Å². The van der Waals surface area contributed by atoms with E-state index in [1.807, 2.05) is 0 Å². The lowest BCUT2D eigenvalue weighted by atomic mass is 9.97. The molecule has 0 atom stereocenters. The molecule has 1 aromatic heterocycles. The van der Waals surface area contributed by atoms with Crippen molar-refractivity contribution in [2.45, 2.75) is 38.4 Å². The van der Waals surface area contributed by atoms with Crippen molar-refractivity contribution in [3.05, 3.63) is 44.6 Å². The summed E-state index contributed by atoms with van der Waals surface area (Å²) in [6, 6.07) is 1.10. The first-order chi connectivity index (χ1) is 16.0. The fraction of sp³-hybridized carbons (Fsp3) is 0.478. The van der Waals surface area contributed by atoms with Crippen LogP contribution in [0.2, 0.25) is 10.0 Å². The molecule has 1 aromatic carbocycles. The molecule has 6 nitrogen and oxygen atoms in total. The Morgan fingerprint density at radius 1 is 1.15 bits per heavy atom. The van der Waals surface area contributed by atoms with Crippen LogP contribution in [0.5, 0.6) is 11.5 Å². The van der Waals surface area contributed by atoms with Gasteiger partial charge in [0.2, 0.25) is 5.91 Å². The molecule has 11 heteroatoms. The Kier molecular flexibility index (Phi) is 8.08. The summed E-state index contributed by atoms with van der Waals surface area (Å²) in [6.07, 6.45) is -2.30. The number of carbonyl (C=O) groups is 1. The summed E-state index contributed by atoms with van der Waals surface area (Å²) in [4.78, 5) is 20.2. The first-order valence-electron chi connectivity index (χ1n) is 10.6. The number of anilines is 1. The molecule has 0 unspecified atom stereocenters. The second-order valence-electron chi connectivity index (χ2n) is 8.17. The van der Waals surface area contributed by atoms with E-state index in [9.17, 15) is 18.0 Å². The third-order valence-corrected chi connectivity index (χ3v) is 6.57. The van der Waals surface area contributed by atoms with Crippen LogP contribution in [0.3, 0.4) is 0 Å². The molecule has 186 valence electrons. The van der Waals surface area contributed by atoms with Crippen LogP contribution in [0.25, 0.3) is 0 Å². The van der Waals surface area contributed by atoms with E-state index in [-0.39, 0.29) is 25.3 Å². The molecule has 2 aromatic rings. The number of alkyl halides is 3. The highest BCUT2D eigenvalue weighted by Crippen LogP contribution is 2.47. The molecule has 1 aliphatic rings. The normalized spacial score (nSPS) is 13.5. The van der Waals surface area contributed by atoms with E-state index < -0.39 is 11.7 Å². The zero-order valence-corrected chi connectivity index (χ0v) is 20.9. The number of ether oxygens (including phenoxy) is 2. The summed E-state index contributed by atoms with van der Waals surface area (Å²) in [6.45, 7) is 0.715. The first kappa shape index (κ1) is 26.2. The lowest BCUT2D eigenvalue weighted by Gasteiger charge is -2.31. The highest BCUT2D eigenvalue weighted by Gasteiger charge is 2.32. The lowest BCUT2D eigenvalue weighted by molar-refractivity contribution is -0.138. The summed E-state index contributed by atoms with van der Waals surface area (Å²) in [5.74, 6) is 1.02. The highest BCUT2D eigenvalue weighted by atomic mass is 35.5. The van der Waals surface area contributed by atoms with E-state index >= 15 is 0 Å². The van der Waals surface area contributed by atoms with Crippen LogP contribution in [0, 0.1) is 0 Å². The quantitative estimate of drug-likeness (QED) is 0.490. The molecule has 0 aliphatic carbocycles. The summed E-state index contributed by atoms with van der Waals surface area (Å²) in [5, 5.41) is 0.765. The van der Waals surface area contributed by atoms with Crippen LogP contribution in [-0.4, -0.2) is 50.7 Å². The predicted molar refractivity (Wildman–Crippen MR) is 125 cm³/mol. The molecule has 2 heterocycles. The number of hydrogen-bond donors (Lipinski definition) is 0. The number of hydrogen-bond acceptors (Lipinski definition) is 5. The molecule has 1 aliphatic heterocycles. The Labute approximate surface area is 206 Å². The van der Waals surface area contributed by atoms with Gasteiger partial charge in [-0.3, -0.25) is 4.79 Å². The van der Waals surface area contributed by atoms with E-state index in [0.29, 0.717) is 57.9 Å². The van der Waals surface area contributed by atoms with Gasteiger partial charge in [0.1, 0.15) is 5.82 Å². The molecule has 3 rings (SSSR count). The monoisotopic (exact) mass is 519 g/mol. The second kappa shape index (κ2) is 10.5. The smallest absolute Gasteiger partial charge is 0.417 e. The average molecular weight is 520 g/mol. The van der Waals surface area contributed by atoms with Crippen molar-refractivity contribution in [1.82, 2.24) is 9.88 Å². The van der Waals surface area contributed by atoms with Crippen molar-refractivity contribution in [3.63, 3.8) is 0 Å². The van der Waals surface area contributed by atoms with Gasteiger partial charge in [0, 0.05) is 39.8 Å². The summed E-state index contributed by atoms with van der Waals surface area (Å²) >= 11 is 13.0. The van der Waals surface area contributed by atoms with Gasteiger partial charge in [-0.1, -0.05) is 23.2 Å². The van der Waals surface area contributed by atoms with Crippen molar-refractivity contribution in [1.29, 1.82) is 0 Å². The number of carbonyl (C=O) groups excluding carboxylic acids is 1. The molecule has 0 fully saturated rings. The number of fused-ring (bicyclic) bond motifs is 1. The maximum absolute atomic E-state index is 13.1. The van der Waals surface area contributed by atoms with Crippen molar-refractivity contribution < 1.29 is 27.4 Å². The molecule has 0 saturated heterocycles. The van der Waals surface area contributed by atoms with Gasteiger partial charge in [-0.05, 0) is 42.0 Å². The van der Waals surface area contributed by atoms with Gasteiger partial charge in [-0.15, -0.1) is 0 Å². The Morgan fingerprint density at radius 3 is 2.32 bits per heavy atom. The van der Waals surface area contributed by atoms with Crippen molar-refractivity contribution in [2.75, 3.05) is 39.8 Å². The molecule has 0 N–H and O–H groups in total. The second-order valence-corrected chi connectivity index (χ2v) is 8.93. The largest absolute Gasteiger partial charge is 0.491 e. The number of nitrogens with zero attached hydrogens (tertiary/aromatic N) is 3. The standard InChI is InChI=1S/C23H26Cl2F3N3O3/c1-30(2)22-13(10-14(11-29-22)23(26,27)28)6-5-7-17(32)31-9-8-15-16(12-31)19(25)21(34-4)20(33-3)18(15)24/h10-11H,5-9,12H2,1-4H3. The number of aromatic nitrogens is 1. The van der Waals surface area contributed by atoms with E-state index in [2.05, 4.69) is 4.98 Å². The molecule has 0 radical (unpaired) electrons. The van der Waals surface area contributed by atoms with Gasteiger partial charge >= 0.3 is 6.18 Å². The van der Waals surface area contributed by atoms with Crippen LogP contribution < -0.4 is 14.4 Å². The van der Waals surface area contributed by atoms with Gasteiger partial charge < -0.3 is 19.3 Å². The first-order valence-corrected chi connectivity index (χ1v) is 11.4. The molecule has 0 saturated carbocycles. The minimum atomic E-state index is -4.48. The number of pyridine rings is 1.